The molecular weight excluding hydrogens is 224 g/mol. The third kappa shape index (κ3) is 1.65. The Morgan fingerprint density at radius 3 is 2.69 bits per heavy atom. The number of rotatable bonds is 2. The van der Waals surface area contributed by atoms with Gasteiger partial charge in [0.05, 0.1) is 19.8 Å². The second-order valence-electron chi connectivity index (χ2n) is 3.39. The summed E-state index contributed by atoms with van der Waals surface area (Å²) < 4.78 is 11.0. The van der Waals surface area contributed by atoms with Gasteiger partial charge in [0.2, 0.25) is 0 Å². The molecule has 2 aromatic rings. The molecule has 0 unspecified atom stereocenters. The van der Waals surface area contributed by atoms with Crippen LogP contribution in [0.15, 0.2) is 18.2 Å². The summed E-state index contributed by atoms with van der Waals surface area (Å²) >= 11 is 1.59. The van der Waals surface area contributed by atoms with Gasteiger partial charge in [-0.3, -0.25) is 0 Å². The Morgan fingerprint density at radius 2 is 2.06 bits per heavy atom. The van der Waals surface area contributed by atoms with Crippen LogP contribution < -0.4 is 4.74 Å². The summed E-state index contributed by atoms with van der Waals surface area (Å²) in [5, 5.41) is 0.897. The molecule has 0 amide bonds. The maximum Gasteiger partial charge on any atom is 0.339 e. The van der Waals surface area contributed by atoms with Crippen molar-refractivity contribution in [1.82, 2.24) is 0 Å². The highest BCUT2D eigenvalue weighted by Crippen LogP contribution is 2.33. The molecule has 1 aromatic heterocycles. The zero-order chi connectivity index (χ0) is 11.7. The van der Waals surface area contributed by atoms with Crippen LogP contribution in [0.5, 0.6) is 5.75 Å². The Balaban J connectivity index is 2.70. The van der Waals surface area contributed by atoms with Crippen molar-refractivity contribution in [3.63, 3.8) is 0 Å². The van der Waals surface area contributed by atoms with Gasteiger partial charge in [0.15, 0.2) is 0 Å². The van der Waals surface area contributed by atoms with Gasteiger partial charge in [-0.25, -0.2) is 4.79 Å². The van der Waals surface area contributed by atoms with Crippen molar-refractivity contribution in [2.24, 2.45) is 0 Å². The first kappa shape index (κ1) is 11.0. The fourth-order valence-corrected chi connectivity index (χ4v) is 2.71. The summed E-state index contributed by atoms with van der Waals surface area (Å²) in [6, 6.07) is 5.71. The first-order chi connectivity index (χ1) is 7.67. The molecule has 0 atom stereocenters. The lowest BCUT2D eigenvalue weighted by atomic mass is 10.1. The molecule has 0 spiro atoms. The van der Waals surface area contributed by atoms with Gasteiger partial charge in [-0.05, 0) is 25.1 Å². The van der Waals surface area contributed by atoms with Crippen LogP contribution in [0.1, 0.15) is 15.2 Å². The van der Waals surface area contributed by atoms with Crippen LogP contribution in [0.2, 0.25) is 0 Å². The van der Waals surface area contributed by atoms with E-state index in [0.717, 1.165) is 20.7 Å². The first-order valence-electron chi connectivity index (χ1n) is 4.83. The molecular formula is C12H12O3S. The van der Waals surface area contributed by atoms with E-state index in [4.69, 9.17) is 9.47 Å². The van der Waals surface area contributed by atoms with E-state index >= 15 is 0 Å². The lowest BCUT2D eigenvalue weighted by Crippen LogP contribution is -2.01. The number of hydrogen-bond acceptors (Lipinski definition) is 4. The number of fused-ring (bicyclic) bond motifs is 1. The molecule has 84 valence electrons. The quantitative estimate of drug-likeness (QED) is 0.752. The average molecular weight is 236 g/mol. The van der Waals surface area contributed by atoms with Gasteiger partial charge in [0, 0.05) is 15.0 Å². The van der Waals surface area contributed by atoms with Crippen molar-refractivity contribution in [2.45, 2.75) is 6.92 Å². The average Bonchev–Trinajstić information content (AvgIpc) is 2.63. The van der Waals surface area contributed by atoms with Crippen molar-refractivity contribution in [2.75, 3.05) is 14.2 Å². The minimum absolute atomic E-state index is 0.294. The van der Waals surface area contributed by atoms with Crippen molar-refractivity contribution in [3.05, 3.63) is 28.6 Å². The maximum absolute atomic E-state index is 11.7. The van der Waals surface area contributed by atoms with Crippen LogP contribution >= 0.6 is 11.3 Å². The lowest BCUT2D eigenvalue weighted by molar-refractivity contribution is 0.0603. The van der Waals surface area contributed by atoms with E-state index in [2.05, 4.69) is 0 Å². The highest BCUT2D eigenvalue weighted by atomic mass is 32.1. The van der Waals surface area contributed by atoms with Crippen molar-refractivity contribution in [1.29, 1.82) is 0 Å². The molecule has 1 heterocycles. The fourth-order valence-electron chi connectivity index (χ4n) is 1.68. The zero-order valence-electron chi connectivity index (χ0n) is 9.37. The van der Waals surface area contributed by atoms with E-state index in [1.807, 2.05) is 25.1 Å². The Bertz CT molecular complexity index is 542. The van der Waals surface area contributed by atoms with E-state index in [9.17, 15) is 4.79 Å². The molecule has 0 N–H and O–H groups in total. The van der Waals surface area contributed by atoms with Crippen LogP contribution in [0.3, 0.4) is 0 Å². The minimum atomic E-state index is -0.294. The molecule has 0 aliphatic rings. The van der Waals surface area contributed by atoms with E-state index in [-0.39, 0.29) is 5.97 Å². The van der Waals surface area contributed by atoms with Crippen LogP contribution in [-0.4, -0.2) is 20.2 Å². The van der Waals surface area contributed by atoms with Gasteiger partial charge >= 0.3 is 5.97 Å². The number of benzene rings is 1. The third-order valence-electron chi connectivity index (χ3n) is 2.46. The van der Waals surface area contributed by atoms with E-state index in [0.29, 0.717) is 5.56 Å². The molecule has 0 bridgehead atoms. The van der Waals surface area contributed by atoms with Crippen LogP contribution in [0.4, 0.5) is 0 Å². The van der Waals surface area contributed by atoms with E-state index < -0.39 is 0 Å². The first-order valence-corrected chi connectivity index (χ1v) is 5.64. The number of thiophene rings is 1. The van der Waals surface area contributed by atoms with Crippen molar-refractivity contribution in [3.8, 4) is 5.75 Å². The summed E-state index contributed by atoms with van der Waals surface area (Å²) in [7, 11) is 3.00. The second-order valence-corrected chi connectivity index (χ2v) is 4.64. The largest absolute Gasteiger partial charge is 0.497 e. The summed E-state index contributed by atoms with van der Waals surface area (Å²) in [5.41, 5.74) is 0.640. The van der Waals surface area contributed by atoms with Gasteiger partial charge in [-0.1, -0.05) is 0 Å². The number of carbonyl (C=O) groups excluding carboxylic acids is 1. The molecule has 0 radical (unpaired) electrons. The summed E-state index contributed by atoms with van der Waals surface area (Å²) in [6.45, 7) is 1.92. The molecule has 0 aliphatic heterocycles. The molecule has 16 heavy (non-hydrogen) atoms. The molecule has 0 fully saturated rings. The Kier molecular flexibility index (Phi) is 2.83. The molecule has 4 heteroatoms. The van der Waals surface area contributed by atoms with Crippen LogP contribution in [0, 0.1) is 6.92 Å². The van der Waals surface area contributed by atoms with Crippen LogP contribution in [-0.2, 0) is 4.74 Å². The number of hydrogen-bond donors (Lipinski definition) is 0. The molecule has 3 nitrogen and oxygen atoms in total. The SMILES string of the molecule is COC(=O)c1c(C)sc2ccc(OC)cc12. The third-order valence-corrected chi connectivity index (χ3v) is 3.55. The number of aryl methyl sites for hydroxylation is 1. The molecule has 0 saturated heterocycles. The highest BCUT2D eigenvalue weighted by molar-refractivity contribution is 7.19. The van der Waals surface area contributed by atoms with Gasteiger partial charge in [-0.15, -0.1) is 11.3 Å². The lowest BCUT2D eigenvalue weighted by Gasteiger charge is -2.01. The number of ether oxygens (including phenoxy) is 2. The monoisotopic (exact) mass is 236 g/mol. The molecule has 0 aliphatic carbocycles. The van der Waals surface area contributed by atoms with Crippen LogP contribution in [0.25, 0.3) is 10.1 Å². The van der Waals surface area contributed by atoms with Gasteiger partial charge in [0.1, 0.15) is 5.75 Å². The maximum atomic E-state index is 11.7. The number of carbonyl (C=O) groups is 1. The Morgan fingerprint density at radius 1 is 1.31 bits per heavy atom. The second kappa shape index (κ2) is 4.14. The molecule has 1 aromatic carbocycles. The van der Waals surface area contributed by atoms with Gasteiger partial charge in [0.25, 0.3) is 0 Å². The Hall–Kier alpha value is -1.55. The number of methoxy groups -OCH3 is 2. The smallest absolute Gasteiger partial charge is 0.339 e. The highest BCUT2D eigenvalue weighted by Gasteiger charge is 2.17. The number of esters is 1. The fraction of sp³-hybridized carbons (Fsp3) is 0.250. The van der Waals surface area contributed by atoms with E-state index in [1.165, 1.54) is 7.11 Å². The summed E-state index contributed by atoms with van der Waals surface area (Å²) in [6.07, 6.45) is 0. The van der Waals surface area contributed by atoms with Crippen molar-refractivity contribution >= 4 is 27.4 Å². The predicted octanol–water partition coefficient (Wildman–Crippen LogP) is 3.00. The minimum Gasteiger partial charge on any atom is -0.497 e. The van der Waals surface area contributed by atoms with Gasteiger partial charge in [-0.2, -0.15) is 0 Å². The topological polar surface area (TPSA) is 35.5 Å². The van der Waals surface area contributed by atoms with E-state index in [1.54, 1.807) is 18.4 Å². The molecule has 2 rings (SSSR count). The summed E-state index contributed by atoms with van der Waals surface area (Å²) in [4.78, 5) is 12.6. The standard InChI is InChI=1S/C12H12O3S/c1-7-11(12(13)15-3)9-6-8(14-2)4-5-10(9)16-7/h4-6H,1-3H3. The molecule has 0 saturated carbocycles. The zero-order valence-corrected chi connectivity index (χ0v) is 10.2. The van der Waals surface area contributed by atoms with Gasteiger partial charge < -0.3 is 9.47 Å². The summed E-state index contributed by atoms with van der Waals surface area (Å²) in [5.74, 6) is 0.451. The van der Waals surface area contributed by atoms with Crippen molar-refractivity contribution < 1.29 is 14.3 Å². The normalized spacial score (nSPS) is 10.4. The Labute approximate surface area is 97.6 Å². The predicted molar refractivity (Wildman–Crippen MR) is 64.5 cm³/mol.